The average Bonchev–Trinajstić information content (AvgIpc) is 3.38. The second-order valence-electron chi connectivity index (χ2n) is 6.62. The van der Waals surface area contributed by atoms with E-state index in [1.807, 2.05) is 18.2 Å². The standard InChI is InChI=1S/C20H22ClN5O3S/c1-26(2)19(22)12-3-4-14(15(9-12)23-7-8-27)16-10-13(29-25-16)11-24-20(28)17-5-6-18(21)30-17/h3-6,9-10,22-23,27H,7-8,11H2,1-2H3,(H,24,28). The van der Waals surface area contributed by atoms with Crippen molar-refractivity contribution in [1.29, 1.82) is 5.41 Å². The quantitative estimate of drug-likeness (QED) is 0.311. The summed E-state index contributed by atoms with van der Waals surface area (Å²) in [6.45, 7) is 0.512. The van der Waals surface area contributed by atoms with E-state index >= 15 is 0 Å². The lowest BCUT2D eigenvalue weighted by Crippen LogP contribution is -2.22. The molecule has 0 atom stereocenters. The Morgan fingerprint density at radius 2 is 2.10 bits per heavy atom. The molecule has 3 rings (SSSR count). The van der Waals surface area contributed by atoms with Gasteiger partial charge in [-0.2, -0.15) is 0 Å². The number of rotatable bonds is 8. The molecule has 4 N–H and O–H groups in total. The topological polar surface area (TPSA) is 114 Å². The Labute approximate surface area is 183 Å². The molecule has 10 heteroatoms. The zero-order valence-electron chi connectivity index (χ0n) is 16.5. The van der Waals surface area contributed by atoms with Gasteiger partial charge in [0.05, 0.1) is 22.4 Å². The normalized spacial score (nSPS) is 10.7. The van der Waals surface area contributed by atoms with E-state index in [0.29, 0.717) is 33.0 Å². The van der Waals surface area contributed by atoms with E-state index in [9.17, 15) is 9.90 Å². The summed E-state index contributed by atoms with van der Waals surface area (Å²) in [5, 5.41) is 27.4. The number of hydrogen-bond acceptors (Lipinski definition) is 7. The first kappa shape index (κ1) is 21.8. The Kier molecular flexibility index (Phi) is 7.09. The maximum Gasteiger partial charge on any atom is 0.261 e. The van der Waals surface area contributed by atoms with Crippen molar-refractivity contribution >= 4 is 40.4 Å². The number of amides is 1. The van der Waals surface area contributed by atoms with Crippen molar-refractivity contribution in [3.63, 3.8) is 0 Å². The average molecular weight is 448 g/mol. The molecule has 2 heterocycles. The van der Waals surface area contributed by atoms with Crippen molar-refractivity contribution in [2.45, 2.75) is 6.54 Å². The van der Waals surface area contributed by atoms with Crippen molar-refractivity contribution in [3.05, 3.63) is 56.9 Å². The van der Waals surface area contributed by atoms with Crippen LogP contribution in [0, 0.1) is 5.41 Å². The molecule has 0 bridgehead atoms. The number of halogens is 1. The highest BCUT2D eigenvalue weighted by Crippen LogP contribution is 2.29. The molecule has 0 aliphatic carbocycles. The number of carbonyl (C=O) groups is 1. The van der Waals surface area contributed by atoms with Gasteiger partial charge in [-0.1, -0.05) is 22.8 Å². The summed E-state index contributed by atoms with van der Waals surface area (Å²) in [5.74, 6) is 0.631. The highest BCUT2D eigenvalue weighted by Gasteiger charge is 2.15. The third-order valence-electron chi connectivity index (χ3n) is 4.22. The largest absolute Gasteiger partial charge is 0.395 e. The molecule has 2 aromatic heterocycles. The van der Waals surface area contributed by atoms with Gasteiger partial charge in [0.1, 0.15) is 11.5 Å². The first-order valence-corrected chi connectivity index (χ1v) is 10.3. The van der Waals surface area contributed by atoms with Crippen molar-refractivity contribution in [1.82, 2.24) is 15.4 Å². The van der Waals surface area contributed by atoms with Crippen LogP contribution < -0.4 is 10.6 Å². The van der Waals surface area contributed by atoms with Crippen LogP contribution >= 0.6 is 22.9 Å². The van der Waals surface area contributed by atoms with Gasteiger partial charge in [0.2, 0.25) is 0 Å². The minimum atomic E-state index is -0.235. The fourth-order valence-corrected chi connectivity index (χ4v) is 3.68. The van der Waals surface area contributed by atoms with Crippen LogP contribution in [-0.2, 0) is 6.54 Å². The lowest BCUT2D eigenvalue weighted by atomic mass is 10.0. The molecule has 30 heavy (non-hydrogen) atoms. The minimum Gasteiger partial charge on any atom is -0.395 e. The highest BCUT2D eigenvalue weighted by molar-refractivity contribution is 7.17. The van der Waals surface area contributed by atoms with E-state index in [1.165, 1.54) is 11.3 Å². The van der Waals surface area contributed by atoms with Crippen molar-refractivity contribution in [3.8, 4) is 11.3 Å². The summed E-state index contributed by atoms with van der Waals surface area (Å²) in [6, 6.07) is 10.6. The molecular weight excluding hydrogens is 426 g/mol. The van der Waals surface area contributed by atoms with Crippen molar-refractivity contribution in [2.75, 3.05) is 32.6 Å². The van der Waals surface area contributed by atoms with Crippen LogP contribution in [0.15, 0.2) is 40.9 Å². The van der Waals surface area contributed by atoms with Gasteiger partial charge in [-0.25, -0.2) is 0 Å². The van der Waals surface area contributed by atoms with Crippen molar-refractivity contribution in [2.24, 2.45) is 0 Å². The fraction of sp³-hybridized carbons (Fsp3) is 0.250. The van der Waals surface area contributed by atoms with E-state index in [0.717, 1.165) is 16.8 Å². The third-order valence-corrected chi connectivity index (χ3v) is 5.45. The molecule has 158 valence electrons. The lowest BCUT2D eigenvalue weighted by Gasteiger charge is -2.16. The van der Waals surface area contributed by atoms with Gasteiger partial charge in [0, 0.05) is 43.5 Å². The van der Waals surface area contributed by atoms with Crippen LogP contribution in [0.1, 0.15) is 21.0 Å². The van der Waals surface area contributed by atoms with Crippen LogP contribution in [-0.4, -0.2) is 54.2 Å². The molecule has 0 saturated carbocycles. The SMILES string of the molecule is CN(C)C(=N)c1ccc(-c2cc(CNC(=O)c3ccc(Cl)s3)on2)c(NCCO)c1. The molecule has 0 fully saturated rings. The molecule has 0 unspecified atom stereocenters. The predicted molar refractivity (Wildman–Crippen MR) is 119 cm³/mol. The summed E-state index contributed by atoms with van der Waals surface area (Å²) in [6.07, 6.45) is 0. The molecule has 0 spiro atoms. The zero-order chi connectivity index (χ0) is 21.7. The Morgan fingerprint density at radius 3 is 2.77 bits per heavy atom. The monoisotopic (exact) mass is 447 g/mol. The maximum absolute atomic E-state index is 12.2. The van der Waals surface area contributed by atoms with Gasteiger partial charge >= 0.3 is 0 Å². The fourth-order valence-electron chi connectivity index (χ4n) is 2.72. The molecular formula is C20H22ClN5O3S. The number of aliphatic hydroxyl groups excluding tert-OH is 1. The zero-order valence-corrected chi connectivity index (χ0v) is 18.1. The number of nitrogens with zero attached hydrogens (tertiary/aromatic N) is 2. The van der Waals surface area contributed by atoms with Gasteiger partial charge in [0.15, 0.2) is 5.76 Å². The first-order chi connectivity index (χ1) is 14.4. The van der Waals surface area contributed by atoms with E-state index < -0.39 is 0 Å². The number of carbonyl (C=O) groups excluding carboxylic acids is 1. The Bertz CT molecular complexity index is 1050. The maximum atomic E-state index is 12.2. The molecule has 1 amide bonds. The third kappa shape index (κ3) is 5.18. The Morgan fingerprint density at radius 1 is 1.30 bits per heavy atom. The van der Waals surface area contributed by atoms with Crippen LogP contribution in [0.5, 0.6) is 0 Å². The van der Waals surface area contributed by atoms with Gasteiger partial charge in [-0.3, -0.25) is 10.2 Å². The van der Waals surface area contributed by atoms with Crippen LogP contribution in [0.25, 0.3) is 11.3 Å². The number of thiophene rings is 1. The van der Waals surface area contributed by atoms with Crippen LogP contribution in [0.4, 0.5) is 5.69 Å². The number of anilines is 1. The summed E-state index contributed by atoms with van der Waals surface area (Å²) in [4.78, 5) is 14.4. The highest BCUT2D eigenvalue weighted by atomic mass is 35.5. The molecule has 1 aromatic carbocycles. The van der Waals surface area contributed by atoms with Gasteiger partial charge in [-0.15, -0.1) is 11.3 Å². The minimum absolute atomic E-state index is 0.0301. The Hall–Kier alpha value is -2.88. The summed E-state index contributed by atoms with van der Waals surface area (Å²) >= 11 is 7.07. The lowest BCUT2D eigenvalue weighted by molar-refractivity contribution is 0.0951. The van der Waals surface area contributed by atoms with Crippen LogP contribution in [0.3, 0.4) is 0 Å². The summed E-state index contributed by atoms with van der Waals surface area (Å²) < 4.78 is 5.92. The van der Waals surface area contributed by atoms with Gasteiger partial charge < -0.3 is 25.2 Å². The molecule has 0 aliphatic heterocycles. The number of nitrogens with one attached hydrogen (secondary N) is 3. The van der Waals surface area contributed by atoms with E-state index in [4.69, 9.17) is 21.5 Å². The molecule has 0 aliphatic rings. The molecule has 8 nitrogen and oxygen atoms in total. The summed E-state index contributed by atoms with van der Waals surface area (Å²) in [7, 11) is 3.61. The van der Waals surface area contributed by atoms with Gasteiger partial charge in [0.25, 0.3) is 5.91 Å². The van der Waals surface area contributed by atoms with E-state index in [2.05, 4.69) is 15.8 Å². The number of aromatic nitrogens is 1. The van der Waals surface area contributed by atoms with E-state index in [-0.39, 0.29) is 19.1 Å². The van der Waals surface area contributed by atoms with Crippen molar-refractivity contribution < 1.29 is 14.4 Å². The molecule has 0 saturated heterocycles. The number of amidine groups is 1. The summed E-state index contributed by atoms with van der Waals surface area (Å²) in [5.41, 5.74) is 2.81. The number of aliphatic hydroxyl groups is 1. The second-order valence-corrected chi connectivity index (χ2v) is 8.33. The Balaban J connectivity index is 1.77. The molecule has 3 aromatic rings. The van der Waals surface area contributed by atoms with Crippen LogP contribution in [0.2, 0.25) is 4.34 Å². The smallest absolute Gasteiger partial charge is 0.261 e. The predicted octanol–water partition coefficient (Wildman–Crippen LogP) is 3.28. The first-order valence-electron chi connectivity index (χ1n) is 9.13. The number of hydrogen-bond donors (Lipinski definition) is 4. The second kappa shape index (κ2) is 9.75. The van der Waals surface area contributed by atoms with Gasteiger partial charge in [-0.05, 0) is 24.3 Å². The molecule has 0 radical (unpaired) electrons. The van der Waals surface area contributed by atoms with E-state index in [1.54, 1.807) is 37.2 Å². The number of benzene rings is 1.